The molecule has 0 saturated heterocycles. The highest BCUT2D eigenvalue weighted by molar-refractivity contribution is 5.26. The monoisotopic (exact) mass is 243 g/mol. The Morgan fingerprint density at radius 1 is 1.22 bits per heavy atom. The SMILES string of the molecule is [CH2]OCCC#CCC(C)(C)Cc1ccccc1C. The minimum absolute atomic E-state index is 0.213. The summed E-state index contributed by atoms with van der Waals surface area (Å²) in [6, 6.07) is 8.57. The summed E-state index contributed by atoms with van der Waals surface area (Å²) in [7, 11) is 3.33. The third-order valence-corrected chi connectivity index (χ3v) is 2.99. The molecule has 0 aliphatic rings. The van der Waals surface area contributed by atoms with Gasteiger partial charge in [0, 0.05) is 12.8 Å². The predicted molar refractivity (Wildman–Crippen MR) is 77.0 cm³/mol. The molecule has 0 bridgehead atoms. The van der Waals surface area contributed by atoms with Crippen LogP contribution >= 0.6 is 0 Å². The van der Waals surface area contributed by atoms with Crippen LogP contribution in [0.4, 0.5) is 0 Å². The molecule has 0 unspecified atom stereocenters. The number of benzene rings is 1. The van der Waals surface area contributed by atoms with Gasteiger partial charge in [0.2, 0.25) is 0 Å². The summed E-state index contributed by atoms with van der Waals surface area (Å²) in [4.78, 5) is 0. The highest BCUT2D eigenvalue weighted by Crippen LogP contribution is 2.26. The topological polar surface area (TPSA) is 9.23 Å². The van der Waals surface area contributed by atoms with Crippen molar-refractivity contribution >= 4 is 0 Å². The number of hydrogen-bond donors (Lipinski definition) is 0. The maximum Gasteiger partial charge on any atom is 0.0700 e. The quantitative estimate of drug-likeness (QED) is 0.557. The van der Waals surface area contributed by atoms with Crippen LogP contribution in [0.25, 0.3) is 0 Å². The average molecular weight is 243 g/mol. The van der Waals surface area contributed by atoms with Crippen LogP contribution in [0.15, 0.2) is 24.3 Å². The second kappa shape index (κ2) is 7.24. The third-order valence-electron chi connectivity index (χ3n) is 2.99. The van der Waals surface area contributed by atoms with Gasteiger partial charge in [-0.1, -0.05) is 38.1 Å². The molecule has 0 amide bonds. The number of rotatable bonds is 5. The van der Waals surface area contributed by atoms with Crippen molar-refractivity contribution in [3.05, 3.63) is 42.5 Å². The summed E-state index contributed by atoms with van der Waals surface area (Å²) in [5.41, 5.74) is 3.00. The molecule has 1 heteroatoms. The zero-order chi connectivity index (χ0) is 13.4. The summed E-state index contributed by atoms with van der Waals surface area (Å²) in [5.74, 6) is 6.37. The van der Waals surface area contributed by atoms with Gasteiger partial charge in [0.05, 0.1) is 13.7 Å². The van der Waals surface area contributed by atoms with Crippen molar-refractivity contribution in [3.63, 3.8) is 0 Å². The molecule has 1 aromatic rings. The summed E-state index contributed by atoms with van der Waals surface area (Å²) >= 11 is 0. The van der Waals surface area contributed by atoms with Crippen molar-refractivity contribution in [1.29, 1.82) is 0 Å². The molecule has 97 valence electrons. The summed E-state index contributed by atoms with van der Waals surface area (Å²) in [5, 5.41) is 0. The van der Waals surface area contributed by atoms with E-state index in [1.165, 1.54) is 11.1 Å². The minimum Gasteiger partial charge on any atom is -0.378 e. The second-order valence-electron chi connectivity index (χ2n) is 5.46. The number of aryl methyl sites for hydroxylation is 1. The molecule has 18 heavy (non-hydrogen) atoms. The summed E-state index contributed by atoms with van der Waals surface area (Å²) in [6.07, 6.45) is 2.75. The normalized spacial score (nSPS) is 10.9. The molecular formula is C17H23O. The fraction of sp³-hybridized carbons (Fsp3) is 0.471. The molecule has 1 radical (unpaired) electrons. The molecular weight excluding hydrogens is 220 g/mol. The van der Waals surface area contributed by atoms with Gasteiger partial charge in [-0.3, -0.25) is 0 Å². The molecule has 0 atom stereocenters. The van der Waals surface area contributed by atoms with Gasteiger partial charge >= 0.3 is 0 Å². The van der Waals surface area contributed by atoms with E-state index in [1.807, 2.05) is 0 Å². The second-order valence-corrected chi connectivity index (χ2v) is 5.46. The lowest BCUT2D eigenvalue weighted by Gasteiger charge is -2.23. The lowest BCUT2D eigenvalue weighted by atomic mass is 9.82. The Kier molecular flexibility index (Phi) is 5.95. The van der Waals surface area contributed by atoms with Gasteiger partial charge in [-0.05, 0) is 29.9 Å². The van der Waals surface area contributed by atoms with E-state index >= 15 is 0 Å². The zero-order valence-electron chi connectivity index (χ0n) is 11.8. The lowest BCUT2D eigenvalue weighted by molar-refractivity contribution is 0.250. The van der Waals surface area contributed by atoms with Gasteiger partial charge < -0.3 is 4.74 Å². The Hall–Kier alpha value is -1.26. The van der Waals surface area contributed by atoms with Crippen molar-refractivity contribution in [2.75, 3.05) is 6.61 Å². The predicted octanol–water partition coefficient (Wildman–Crippen LogP) is 4.16. The largest absolute Gasteiger partial charge is 0.378 e. The van der Waals surface area contributed by atoms with Gasteiger partial charge in [-0.25, -0.2) is 0 Å². The molecule has 0 saturated carbocycles. The van der Waals surface area contributed by atoms with Gasteiger partial charge in [0.25, 0.3) is 0 Å². The molecule has 0 N–H and O–H groups in total. The first kappa shape index (κ1) is 14.8. The maximum absolute atomic E-state index is 4.73. The fourth-order valence-corrected chi connectivity index (χ4v) is 1.90. The molecule has 1 rings (SSSR count). The van der Waals surface area contributed by atoms with E-state index in [1.54, 1.807) is 0 Å². The first-order valence-corrected chi connectivity index (χ1v) is 6.42. The van der Waals surface area contributed by atoms with Gasteiger partial charge in [-0.2, -0.15) is 0 Å². The van der Waals surface area contributed by atoms with Crippen molar-refractivity contribution in [2.24, 2.45) is 5.41 Å². The molecule has 0 spiro atoms. The fourth-order valence-electron chi connectivity index (χ4n) is 1.90. The molecule has 0 aliphatic carbocycles. The van der Waals surface area contributed by atoms with Gasteiger partial charge in [0.1, 0.15) is 0 Å². The smallest absolute Gasteiger partial charge is 0.0700 e. The maximum atomic E-state index is 4.73. The van der Waals surface area contributed by atoms with E-state index < -0.39 is 0 Å². The van der Waals surface area contributed by atoms with Gasteiger partial charge in [0.15, 0.2) is 0 Å². The Bertz CT molecular complexity index is 421. The van der Waals surface area contributed by atoms with Crippen LogP contribution in [0.3, 0.4) is 0 Å². The highest BCUT2D eigenvalue weighted by atomic mass is 16.5. The first-order valence-electron chi connectivity index (χ1n) is 6.42. The number of hydrogen-bond acceptors (Lipinski definition) is 1. The molecule has 0 heterocycles. The van der Waals surface area contributed by atoms with Crippen molar-refractivity contribution in [3.8, 4) is 11.8 Å². The Morgan fingerprint density at radius 3 is 2.61 bits per heavy atom. The van der Waals surface area contributed by atoms with Crippen LogP contribution in [0.2, 0.25) is 0 Å². The van der Waals surface area contributed by atoms with Crippen LogP contribution in [-0.2, 0) is 11.2 Å². The van der Waals surface area contributed by atoms with Crippen LogP contribution in [-0.4, -0.2) is 6.61 Å². The first-order chi connectivity index (χ1) is 8.55. The standard InChI is InChI=1S/C17H23O/c1-15-10-6-7-11-16(15)14-17(2,3)12-8-5-9-13-18-4/h6-7,10-11H,4,9,12-14H2,1-3H3. The van der Waals surface area contributed by atoms with Crippen molar-refractivity contribution in [2.45, 2.75) is 40.0 Å². The van der Waals surface area contributed by atoms with E-state index in [0.29, 0.717) is 6.61 Å². The lowest BCUT2D eigenvalue weighted by Crippen LogP contribution is -2.14. The van der Waals surface area contributed by atoms with E-state index in [0.717, 1.165) is 19.3 Å². The van der Waals surface area contributed by atoms with Crippen LogP contribution in [0.5, 0.6) is 0 Å². The molecule has 0 aliphatic heterocycles. The van der Waals surface area contributed by atoms with E-state index in [9.17, 15) is 0 Å². The number of ether oxygens (including phenoxy) is 1. The molecule has 1 nitrogen and oxygen atoms in total. The zero-order valence-corrected chi connectivity index (χ0v) is 11.8. The van der Waals surface area contributed by atoms with Crippen LogP contribution < -0.4 is 0 Å². The Labute approximate surface area is 112 Å². The van der Waals surface area contributed by atoms with Gasteiger partial charge in [-0.15, -0.1) is 11.8 Å². The average Bonchev–Trinajstić information content (AvgIpc) is 2.31. The molecule has 1 aromatic carbocycles. The Morgan fingerprint density at radius 2 is 1.94 bits per heavy atom. The summed E-state index contributed by atoms with van der Waals surface area (Å²) in [6.45, 7) is 7.33. The summed E-state index contributed by atoms with van der Waals surface area (Å²) < 4.78 is 4.73. The third kappa shape index (κ3) is 5.38. The van der Waals surface area contributed by atoms with E-state index in [-0.39, 0.29) is 5.41 Å². The minimum atomic E-state index is 0.213. The van der Waals surface area contributed by atoms with Crippen molar-refractivity contribution < 1.29 is 4.74 Å². The van der Waals surface area contributed by atoms with E-state index in [2.05, 4.69) is 64.0 Å². The molecule has 0 aromatic heterocycles. The van der Waals surface area contributed by atoms with E-state index in [4.69, 9.17) is 4.74 Å². The van der Waals surface area contributed by atoms with Crippen molar-refractivity contribution in [1.82, 2.24) is 0 Å². The Balaban J connectivity index is 2.53. The molecule has 0 fully saturated rings. The van der Waals surface area contributed by atoms with Crippen LogP contribution in [0.1, 0.15) is 37.8 Å². The van der Waals surface area contributed by atoms with Crippen LogP contribution in [0, 0.1) is 31.3 Å². The highest BCUT2D eigenvalue weighted by Gasteiger charge is 2.17.